The summed E-state index contributed by atoms with van der Waals surface area (Å²) in [5.41, 5.74) is 10.5. The second kappa shape index (κ2) is 9.71. The molecule has 0 saturated carbocycles. The highest BCUT2D eigenvalue weighted by Gasteiger charge is 2.34. The number of likely N-dealkylation sites (tertiary alicyclic amines) is 1. The number of nitrogens with zero attached hydrogens (tertiary/aromatic N) is 1. The Hall–Kier alpha value is -2.90. The molecule has 0 radical (unpaired) electrons. The predicted molar refractivity (Wildman–Crippen MR) is 123 cm³/mol. The third kappa shape index (κ3) is 4.95. The lowest BCUT2D eigenvalue weighted by atomic mass is 9.99. The third-order valence-corrected chi connectivity index (χ3v) is 6.63. The van der Waals surface area contributed by atoms with Crippen molar-refractivity contribution in [2.75, 3.05) is 20.2 Å². The maximum Gasteiger partial charge on any atom is 0.251 e. The van der Waals surface area contributed by atoms with Gasteiger partial charge in [0.05, 0.1) is 7.11 Å². The Balaban J connectivity index is 1.26. The molecule has 32 heavy (non-hydrogen) atoms. The largest absolute Gasteiger partial charge is 0.497 e. The first-order valence-corrected chi connectivity index (χ1v) is 11.3. The van der Waals surface area contributed by atoms with Crippen LogP contribution in [0.5, 0.6) is 5.75 Å². The van der Waals surface area contributed by atoms with Crippen molar-refractivity contribution in [3.63, 3.8) is 0 Å². The number of nitrogens with one attached hydrogen (secondary N) is 3. The smallest absolute Gasteiger partial charge is 0.251 e. The van der Waals surface area contributed by atoms with E-state index in [1.807, 2.05) is 61.2 Å². The van der Waals surface area contributed by atoms with Crippen LogP contribution in [0.1, 0.15) is 52.4 Å². The van der Waals surface area contributed by atoms with Gasteiger partial charge >= 0.3 is 0 Å². The van der Waals surface area contributed by atoms with Crippen LogP contribution in [0.2, 0.25) is 0 Å². The number of ether oxygens (including phenoxy) is 1. The van der Waals surface area contributed by atoms with Gasteiger partial charge in [0.2, 0.25) is 5.91 Å². The number of rotatable bonds is 5. The van der Waals surface area contributed by atoms with E-state index in [0.717, 1.165) is 29.7 Å². The highest BCUT2D eigenvalue weighted by atomic mass is 16.5. The highest BCUT2D eigenvalue weighted by molar-refractivity contribution is 5.94. The van der Waals surface area contributed by atoms with Crippen molar-refractivity contribution >= 4 is 11.8 Å². The van der Waals surface area contributed by atoms with Crippen LogP contribution in [0.4, 0.5) is 0 Å². The van der Waals surface area contributed by atoms with Crippen molar-refractivity contribution in [3.8, 4) is 5.75 Å². The van der Waals surface area contributed by atoms with Gasteiger partial charge in [-0.2, -0.15) is 0 Å². The van der Waals surface area contributed by atoms with Crippen LogP contribution in [-0.2, 0) is 4.79 Å². The fourth-order valence-corrected chi connectivity index (χ4v) is 4.39. The van der Waals surface area contributed by atoms with Crippen LogP contribution in [0.15, 0.2) is 42.5 Å². The van der Waals surface area contributed by atoms with Gasteiger partial charge in [0.1, 0.15) is 11.8 Å². The number of hydrazine groups is 1. The first-order valence-electron chi connectivity index (χ1n) is 11.3. The summed E-state index contributed by atoms with van der Waals surface area (Å²) in [7, 11) is 1.65. The Labute approximate surface area is 189 Å². The van der Waals surface area contributed by atoms with Crippen molar-refractivity contribution in [2.45, 2.75) is 51.2 Å². The van der Waals surface area contributed by atoms with Crippen LogP contribution in [0.25, 0.3) is 0 Å². The Morgan fingerprint density at radius 1 is 1.00 bits per heavy atom. The fourth-order valence-electron chi connectivity index (χ4n) is 4.39. The van der Waals surface area contributed by atoms with E-state index in [2.05, 4.69) is 16.2 Å². The molecule has 2 amide bonds. The number of piperidine rings is 1. The maximum atomic E-state index is 13.0. The Morgan fingerprint density at radius 2 is 1.72 bits per heavy atom. The SMILES string of the molecule is COc1ccc(C2CC(C(=O)N3CCC(NC(=O)c4ccc(C)c(C)c4)CC3)NN2)cc1. The predicted octanol–water partition coefficient (Wildman–Crippen LogP) is 2.64. The normalized spacial score (nSPS) is 21.4. The molecule has 2 aromatic carbocycles. The van der Waals surface area contributed by atoms with E-state index in [0.29, 0.717) is 25.1 Å². The van der Waals surface area contributed by atoms with Gasteiger partial charge in [-0.05, 0) is 74.1 Å². The van der Waals surface area contributed by atoms with E-state index in [4.69, 9.17) is 4.74 Å². The number of benzene rings is 2. The van der Waals surface area contributed by atoms with Gasteiger partial charge in [-0.15, -0.1) is 0 Å². The molecule has 0 aliphatic carbocycles. The van der Waals surface area contributed by atoms with E-state index in [-0.39, 0.29) is 29.9 Å². The number of methoxy groups -OCH3 is 1. The molecule has 0 aromatic heterocycles. The molecule has 7 heteroatoms. The first-order chi connectivity index (χ1) is 15.4. The minimum absolute atomic E-state index is 0.0399. The highest BCUT2D eigenvalue weighted by Crippen LogP contribution is 2.25. The summed E-state index contributed by atoms with van der Waals surface area (Å²) in [5, 5.41) is 3.13. The number of hydrogen-bond donors (Lipinski definition) is 3. The summed E-state index contributed by atoms with van der Waals surface area (Å²) < 4.78 is 5.22. The number of hydrogen-bond acceptors (Lipinski definition) is 5. The summed E-state index contributed by atoms with van der Waals surface area (Å²) in [6.45, 7) is 5.36. The molecular formula is C25H32N4O3. The maximum absolute atomic E-state index is 13.0. The first kappa shape index (κ1) is 22.3. The molecule has 2 aromatic rings. The molecule has 170 valence electrons. The monoisotopic (exact) mass is 436 g/mol. The minimum atomic E-state index is -0.247. The number of carbonyl (C=O) groups excluding carboxylic acids is 2. The van der Waals surface area contributed by atoms with Crippen LogP contribution in [0, 0.1) is 13.8 Å². The molecular weight excluding hydrogens is 404 g/mol. The van der Waals surface area contributed by atoms with Crippen LogP contribution in [-0.4, -0.2) is 49.0 Å². The lowest BCUT2D eigenvalue weighted by Crippen LogP contribution is -2.51. The summed E-state index contributed by atoms with van der Waals surface area (Å²) in [4.78, 5) is 27.5. The van der Waals surface area contributed by atoms with Gasteiger partial charge in [-0.3, -0.25) is 9.59 Å². The van der Waals surface area contributed by atoms with Gasteiger partial charge in [-0.1, -0.05) is 18.2 Å². The molecule has 2 aliphatic heterocycles. The summed E-state index contributed by atoms with van der Waals surface area (Å²) in [5.74, 6) is 0.897. The van der Waals surface area contributed by atoms with Crippen LogP contribution >= 0.6 is 0 Å². The average molecular weight is 437 g/mol. The summed E-state index contributed by atoms with van der Waals surface area (Å²) >= 11 is 0. The molecule has 2 atom stereocenters. The van der Waals surface area contributed by atoms with E-state index in [1.165, 1.54) is 5.56 Å². The molecule has 4 rings (SSSR count). The molecule has 2 fully saturated rings. The van der Waals surface area contributed by atoms with Crippen molar-refractivity contribution < 1.29 is 14.3 Å². The van der Waals surface area contributed by atoms with Crippen LogP contribution in [0.3, 0.4) is 0 Å². The fraction of sp³-hybridized carbons (Fsp3) is 0.440. The molecule has 0 spiro atoms. The Morgan fingerprint density at radius 3 is 2.38 bits per heavy atom. The standard InChI is InChI=1S/C25H32N4O3/c1-16-4-5-19(14-17(16)2)24(30)26-20-10-12-29(13-11-20)25(31)23-15-22(27-28-23)18-6-8-21(32-3)9-7-18/h4-9,14,20,22-23,27-28H,10-13,15H2,1-3H3,(H,26,30). The van der Waals surface area contributed by atoms with Gasteiger partial charge < -0.3 is 15.0 Å². The van der Waals surface area contributed by atoms with Crippen molar-refractivity contribution in [1.29, 1.82) is 0 Å². The quantitative estimate of drug-likeness (QED) is 0.671. The number of carbonyl (C=O) groups is 2. The van der Waals surface area contributed by atoms with Gasteiger partial charge in [-0.25, -0.2) is 10.9 Å². The Kier molecular flexibility index (Phi) is 6.77. The second-order valence-electron chi connectivity index (χ2n) is 8.77. The number of amides is 2. The minimum Gasteiger partial charge on any atom is -0.497 e. The van der Waals surface area contributed by atoms with Gasteiger partial charge in [0.15, 0.2) is 0 Å². The molecule has 2 saturated heterocycles. The molecule has 7 nitrogen and oxygen atoms in total. The Bertz CT molecular complexity index is 968. The lowest BCUT2D eigenvalue weighted by molar-refractivity contribution is -0.134. The summed E-state index contributed by atoms with van der Waals surface area (Å²) in [6, 6.07) is 13.6. The van der Waals surface area contributed by atoms with Crippen molar-refractivity contribution in [1.82, 2.24) is 21.1 Å². The molecule has 2 unspecified atom stereocenters. The number of aryl methyl sites for hydroxylation is 2. The second-order valence-corrected chi connectivity index (χ2v) is 8.77. The zero-order chi connectivity index (χ0) is 22.7. The molecule has 2 aliphatic rings. The van der Waals surface area contributed by atoms with E-state index < -0.39 is 0 Å². The van der Waals surface area contributed by atoms with Crippen LogP contribution < -0.4 is 20.9 Å². The van der Waals surface area contributed by atoms with E-state index in [9.17, 15) is 9.59 Å². The van der Waals surface area contributed by atoms with Gasteiger partial charge in [0.25, 0.3) is 5.91 Å². The summed E-state index contributed by atoms with van der Waals surface area (Å²) in [6.07, 6.45) is 2.24. The van der Waals surface area contributed by atoms with Crippen molar-refractivity contribution in [3.05, 3.63) is 64.7 Å². The zero-order valence-electron chi connectivity index (χ0n) is 19.0. The van der Waals surface area contributed by atoms with E-state index >= 15 is 0 Å². The zero-order valence-corrected chi connectivity index (χ0v) is 19.0. The molecule has 0 bridgehead atoms. The molecule has 3 N–H and O–H groups in total. The van der Waals surface area contributed by atoms with Gasteiger partial charge in [0, 0.05) is 30.7 Å². The molecule has 2 heterocycles. The third-order valence-electron chi connectivity index (χ3n) is 6.63. The topological polar surface area (TPSA) is 82.7 Å². The average Bonchev–Trinajstić information content (AvgIpc) is 3.31. The van der Waals surface area contributed by atoms with Crippen molar-refractivity contribution in [2.24, 2.45) is 0 Å². The lowest BCUT2D eigenvalue weighted by Gasteiger charge is -2.33. The van der Waals surface area contributed by atoms with E-state index in [1.54, 1.807) is 7.11 Å².